The van der Waals surface area contributed by atoms with E-state index < -0.39 is 10.0 Å². The SMILES string of the molecule is C[NH+]1CCN(S(=O)(=O)c2c(Cl)cc(Br)cc2Cl)CC1. The molecule has 0 atom stereocenters. The van der Waals surface area contributed by atoms with Gasteiger partial charge in [0.25, 0.3) is 0 Å². The fourth-order valence-electron chi connectivity index (χ4n) is 2.01. The maximum atomic E-state index is 12.6. The summed E-state index contributed by atoms with van der Waals surface area (Å²) in [6.45, 7) is 2.53. The number of likely N-dealkylation sites (N-methyl/N-ethyl adjacent to an activating group) is 1. The maximum absolute atomic E-state index is 12.6. The van der Waals surface area contributed by atoms with Crippen molar-refractivity contribution in [2.24, 2.45) is 0 Å². The Morgan fingerprint density at radius 1 is 1.21 bits per heavy atom. The van der Waals surface area contributed by atoms with Gasteiger partial charge in [-0.2, -0.15) is 4.31 Å². The normalized spacial score (nSPS) is 18.7. The number of benzene rings is 1. The van der Waals surface area contributed by atoms with Crippen LogP contribution in [0.4, 0.5) is 0 Å². The number of quaternary nitrogens is 1. The molecule has 0 bridgehead atoms. The fourth-order valence-corrected chi connectivity index (χ4v) is 5.34. The third-order valence-electron chi connectivity index (χ3n) is 3.14. The minimum Gasteiger partial charge on any atom is -0.335 e. The van der Waals surface area contributed by atoms with Gasteiger partial charge in [-0.15, -0.1) is 0 Å². The third kappa shape index (κ3) is 3.25. The lowest BCUT2D eigenvalue weighted by molar-refractivity contribution is -0.883. The van der Waals surface area contributed by atoms with Crippen LogP contribution in [0.15, 0.2) is 21.5 Å². The van der Waals surface area contributed by atoms with E-state index in [2.05, 4.69) is 15.9 Å². The van der Waals surface area contributed by atoms with E-state index in [0.717, 1.165) is 13.1 Å². The summed E-state index contributed by atoms with van der Waals surface area (Å²) in [4.78, 5) is 1.32. The molecule has 1 heterocycles. The Labute approximate surface area is 131 Å². The lowest BCUT2D eigenvalue weighted by atomic mass is 10.4. The first-order valence-corrected chi connectivity index (χ1v) is 8.77. The molecule has 106 valence electrons. The van der Waals surface area contributed by atoms with E-state index in [1.54, 1.807) is 12.1 Å². The number of piperazine rings is 1. The topological polar surface area (TPSA) is 41.8 Å². The number of rotatable bonds is 2. The highest BCUT2D eigenvalue weighted by molar-refractivity contribution is 9.10. The average Bonchev–Trinajstić information content (AvgIpc) is 2.27. The largest absolute Gasteiger partial charge is 0.335 e. The van der Waals surface area contributed by atoms with E-state index in [1.807, 2.05) is 7.05 Å². The molecule has 2 rings (SSSR count). The molecule has 0 spiro atoms. The number of sulfonamides is 1. The fraction of sp³-hybridized carbons (Fsp3) is 0.455. The van der Waals surface area contributed by atoms with Gasteiger partial charge in [0.2, 0.25) is 10.0 Å². The van der Waals surface area contributed by atoms with Crippen molar-refractivity contribution >= 4 is 49.2 Å². The highest BCUT2D eigenvalue weighted by Crippen LogP contribution is 2.34. The van der Waals surface area contributed by atoms with Crippen LogP contribution in [0.2, 0.25) is 10.0 Å². The van der Waals surface area contributed by atoms with E-state index in [4.69, 9.17) is 23.2 Å². The Bertz CT molecular complexity index is 563. The summed E-state index contributed by atoms with van der Waals surface area (Å²) in [6, 6.07) is 3.09. The maximum Gasteiger partial charge on any atom is 0.246 e. The van der Waals surface area contributed by atoms with Crippen molar-refractivity contribution in [3.63, 3.8) is 0 Å². The van der Waals surface area contributed by atoms with Gasteiger partial charge in [-0.25, -0.2) is 8.42 Å². The zero-order valence-corrected chi connectivity index (χ0v) is 14.2. The van der Waals surface area contributed by atoms with Gasteiger partial charge in [0.05, 0.1) is 43.3 Å². The van der Waals surface area contributed by atoms with Crippen molar-refractivity contribution in [1.82, 2.24) is 4.31 Å². The van der Waals surface area contributed by atoms with Crippen LogP contribution in [0.3, 0.4) is 0 Å². The Morgan fingerprint density at radius 3 is 2.16 bits per heavy atom. The Hall–Kier alpha value is 0.150. The molecule has 1 aliphatic heterocycles. The molecule has 8 heteroatoms. The van der Waals surface area contributed by atoms with Crippen LogP contribution in [-0.4, -0.2) is 45.9 Å². The molecule has 1 aromatic rings. The first kappa shape index (κ1) is 15.5. The molecule has 1 aliphatic rings. The number of nitrogens with one attached hydrogen (secondary N) is 1. The molecular weight excluding hydrogens is 375 g/mol. The molecule has 0 aromatic heterocycles. The molecule has 1 aromatic carbocycles. The lowest BCUT2D eigenvalue weighted by Crippen LogP contribution is -3.12. The van der Waals surface area contributed by atoms with Gasteiger partial charge >= 0.3 is 0 Å². The van der Waals surface area contributed by atoms with Crippen LogP contribution < -0.4 is 4.90 Å². The minimum absolute atomic E-state index is 0.00131. The van der Waals surface area contributed by atoms with Crippen LogP contribution in [-0.2, 0) is 10.0 Å². The molecule has 0 amide bonds. The minimum atomic E-state index is -3.63. The van der Waals surface area contributed by atoms with Gasteiger partial charge in [-0.05, 0) is 12.1 Å². The molecule has 19 heavy (non-hydrogen) atoms. The van der Waals surface area contributed by atoms with E-state index in [1.165, 1.54) is 9.21 Å². The second kappa shape index (κ2) is 5.87. The van der Waals surface area contributed by atoms with E-state index in [0.29, 0.717) is 17.6 Å². The van der Waals surface area contributed by atoms with Crippen molar-refractivity contribution in [1.29, 1.82) is 0 Å². The summed E-state index contributed by atoms with van der Waals surface area (Å²) in [7, 11) is -1.58. The van der Waals surface area contributed by atoms with Crippen molar-refractivity contribution < 1.29 is 13.3 Å². The zero-order valence-electron chi connectivity index (χ0n) is 10.3. The molecule has 4 nitrogen and oxygen atoms in total. The predicted octanol–water partition coefficient (Wildman–Crippen LogP) is 1.27. The lowest BCUT2D eigenvalue weighted by Gasteiger charge is -2.29. The van der Waals surface area contributed by atoms with Crippen molar-refractivity contribution in [2.45, 2.75) is 4.90 Å². The van der Waals surface area contributed by atoms with Crippen molar-refractivity contribution in [2.75, 3.05) is 33.2 Å². The highest BCUT2D eigenvalue weighted by atomic mass is 79.9. The summed E-state index contributed by atoms with van der Waals surface area (Å²) in [5.41, 5.74) is 0. The second-order valence-electron chi connectivity index (χ2n) is 4.56. The van der Waals surface area contributed by atoms with Crippen molar-refractivity contribution in [3.8, 4) is 0 Å². The van der Waals surface area contributed by atoms with Gasteiger partial charge in [-0.3, -0.25) is 0 Å². The standard InChI is InChI=1S/C11H13BrCl2N2O2S/c1-15-2-4-16(5-3-15)19(17,18)11-9(13)6-8(12)7-10(11)14/h6-7H,2-5H2,1H3/p+1. The van der Waals surface area contributed by atoms with Crippen molar-refractivity contribution in [3.05, 3.63) is 26.7 Å². The van der Waals surface area contributed by atoms with Gasteiger partial charge in [0.15, 0.2) is 0 Å². The molecule has 1 N–H and O–H groups in total. The summed E-state index contributed by atoms with van der Waals surface area (Å²) < 4.78 is 27.3. The van der Waals surface area contributed by atoms with Gasteiger partial charge in [0.1, 0.15) is 4.90 Å². The van der Waals surface area contributed by atoms with Crippen LogP contribution >= 0.6 is 39.1 Å². The van der Waals surface area contributed by atoms with Crippen LogP contribution in [0.5, 0.6) is 0 Å². The number of hydrogen-bond acceptors (Lipinski definition) is 2. The summed E-state index contributed by atoms with van der Waals surface area (Å²) >= 11 is 15.3. The smallest absolute Gasteiger partial charge is 0.246 e. The van der Waals surface area contributed by atoms with Gasteiger partial charge < -0.3 is 4.90 Å². The summed E-state index contributed by atoms with van der Waals surface area (Å²) in [5.74, 6) is 0. The Kier molecular flexibility index (Phi) is 4.80. The predicted molar refractivity (Wildman–Crippen MR) is 79.5 cm³/mol. The average molecular weight is 389 g/mol. The molecular formula is C11H14BrCl2N2O2S+. The highest BCUT2D eigenvalue weighted by Gasteiger charge is 2.32. The number of nitrogens with zero attached hydrogens (tertiary/aromatic N) is 1. The zero-order chi connectivity index (χ0) is 14.2. The van der Waals surface area contributed by atoms with E-state index >= 15 is 0 Å². The Balaban J connectivity index is 2.40. The molecule has 0 unspecified atom stereocenters. The third-order valence-corrected chi connectivity index (χ3v) is 6.42. The first-order chi connectivity index (χ1) is 8.82. The van der Waals surface area contributed by atoms with Crippen LogP contribution in [0.25, 0.3) is 0 Å². The summed E-state index contributed by atoms with van der Waals surface area (Å²) in [5, 5.41) is 0.288. The quantitative estimate of drug-likeness (QED) is 0.828. The Morgan fingerprint density at radius 2 is 1.68 bits per heavy atom. The molecule has 0 aliphatic carbocycles. The van der Waals surface area contributed by atoms with E-state index in [-0.39, 0.29) is 14.9 Å². The molecule has 0 radical (unpaired) electrons. The second-order valence-corrected chi connectivity index (χ2v) is 8.16. The molecule has 1 saturated heterocycles. The van der Waals surface area contributed by atoms with E-state index in [9.17, 15) is 8.42 Å². The molecule has 1 fully saturated rings. The summed E-state index contributed by atoms with van der Waals surface area (Å²) in [6.07, 6.45) is 0. The van der Waals surface area contributed by atoms with Crippen LogP contribution in [0.1, 0.15) is 0 Å². The van der Waals surface area contributed by atoms with Gasteiger partial charge in [0, 0.05) is 4.47 Å². The van der Waals surface area contributed by atoms with Gasteiger partial charge in [-0.1, -0.05) is 39.1 Å². The monoisotopic (exact) mass is 387 g/mol. The molecule has 0 saturated carbocycles. The van der Waals surface area contributed by atoms with Crippen LogP contribution in [0, 0.1) is 0 Å². The number of hydrogen-bond donors (Lipinski definition) is 1. The number of halogens is 3. The first-order valence-electron chi connectivity index (χ1n) is 5.78.